The highest BCUT2D eigenvalue weighted by Crippen LogP contribution is 2.24. The van der Waals surface area contributed by atoms with Crippen molar-refractivity contribution in [2.75, 3.05) is 19.6 Å². The number of carbonyl (C=O) groups excluding carboxylic acids is 2. The van der Waals surface area contributed by atoms with Crippen LogP contribution < -0.4 is 5.32 Å². The van der Waals surface area contributed by atoms with Crippen molar-refractivity contribution in [3.8, 4) is 0 Å². The van der Waals surface area contributed by atoms with Crippen molar-refractivity contribution < 1.29 is 9.59 Å². The molecule has 2 amide bonds. The number of nitrogens with zero attached hydrogens (tertiary/aromatic N) is 1. The highest BCUT2D eigenvalue weighted by Gasteiger charge is 2.21. The topological polar surface area (TPSA) is 49.4 Å². The molecule has 0 saturated carbocycles. The molecule has 4 nitrogen and oxygen atoms in total. The molecule has 0 fully saturated rings. The zero-order valence-corrected chi connectivity index (χ0v) is 12.2. The predicted molar refractivity (Wildman–Crippen MR) is 74.1 cm³/mol. The van der Waals surface area contributed by atoms with Gasteiger partial charge in [-0.25, -0.2) is 0 Å². The summed E-state index contributed by atoms with van der Waals surface area (Å²) in [4.78, 5) is 24.6. The number of amides is 2. The van der Waals surface area contributed by atoms with Crippen LogP contribution in [0, 0.1) is 11.3 Å². The van der Waals surface area contributed by atoms with Crippen LogP contribution in [0.1, 0.15) is 34.6 Å². The maximum Gasteiger partial charge on any atom is 0.246 e. The molecule has 1 N–H and O–H groups in total. The standard InChI is InChI=1S/C14H26N2O2/c1-7-13(18)16(8-2)10-12(17)15-9-11(3)14(4,5)6/h7,11H,1,8-10H2,2-6H3,(H,15,17). The van der Waals surface area contributed by atoms with E-state index < -0.39 is 0 Å². The summed E-state index contributed by atoms with van der Waals surface area (Å²) in [5, 5.41) is 2.87. The van der Waals surface area contributed by atoms with Crippen molar-refractivity contribution in [2.45, 2.75) is 34.6 Å². The van der Waals surface area contributed by atoms with Crippen LogP contribution >= 0.6 is 0 Å². The minimum absolute atomic E-state index is 0.0955. The van der Waals surface area contributed by atoms with Crippen molar-refractivity contribution in [1.82, 2.24) is 10.2 Å². The van der Waals surface area contributed by atoms with E-state index in [1.165, 1.54) is 11.0 Å². The van der Waals surface area contributed by atoms with E-state index in [4.69, 9.17) is 0 Å². The van der Waals surface area contributed by atoms with E-state index in [1.807, 2.05) is 6.92 Å². The zero-order chi connectivity index (χ0) is 14.3. The van der Waals surface area contributed by atoms with Crippen molar-refractivity contribution in [3.63, 3.8) is 0 Å². The van der Waals surface area contributed by atoms with Gasteiger partial charge in [0, 0.05) is 13.1 Å². The average Bonchev–Trinajstić information content (AvgIpc) is 2.30. The van der Waals surface area contributed by atoms with E-state index in [2.05, 4.69) is 39.6 Å². The second-order valence-electron chi connectivity index (χ2n) is 5.63. The van der Waals surface area contributed by atoms with Crippen LogP contribution in [0.15, 0.2) is 12.7 Å². The summed E-state index contributed by atoms with van der Waals surface area (Å²) in [6, 6.07) is 0. The average molecular weight is 254 g/mol. The molecule has 18 heavy (non-hydrogen) atoms. The summed E-state index contributed by atoms with van der Waals surface area (Å²) in [5.74, 6) is 0.0475. The van der Waals surface area contributed by atoms with E-state index >= 15 is 0 Å². The quantitative estimate of drug-likeness (QED) is 0.735. The maximum absolute atomic E-state index is 11.7. The van der Waals surface area contributed by atoms with Crippen LogP contribution in [0.2, 0.25) is 0 Å². The molecule has 0 heterocycles. The molecule has 0 aromatic heterocycles. The number of nitrogens with one attached hydrogen (secondary N) is 1. The van der Waals surface area contributed by atoms with E-state index in [0.717, 1.165) is 0 Å². The van der Waals surface area contributed by atoms with Crippen LogP contribution in [0.4, 0.5) is 0 Å². The summed E-state index contributed by atoms with van der Waals surface area (Å²) in [5.41, 5.74) is 0.161. The number of hydrogen-bond acceptors (Lipinski definition) is 2. The van der Waals surface area contributed by atoms with E-state index in [9.17, 15) is 9.59 Å². The summed E-state index contributed by atoms with van der Waals surface area (Å²) >= 11 is 0. The lowest BCUT2D eigenvalue weighted by molar-refractivity contribution is -0.132. The zero-order valence-electron chi connectivity index (χ0n) is 12.2. The molecule has 1 unspecified atom stereocenters. The normalized spacial score (nSPS) is 12.7. The fraction of sp³-hybridized carbons (Fsp3) is 0.714. The number of hydrogen-bond donors (Lipinski definition) is 1. The number of carbonyl (C=O) groups is 2. The summed E-state index contributed by atoms with van der Waals surface area (Å²) < 4.78 is 0. The van der Waals surface area contributed by atoms with Gasteiger partial charge < -0.3 is 10.2 Å². The second kappa shape index (κ2) is 7.19. The fourth-order valence-corrected chi connectivity index (χ4v) is 1.28. The third-order valence-electron chi connectivity index (χ3n) is 3.29. The molecule has 0 rings (SSSR count). The van der Waals surface area contributed by atoms with Crippen LogP contribution in [-0.4, -0.2) is 36.3 Å². The van der Waals surface area contributed by atoms with Crippen molar-refractivity contribution >= 4 is 11.8 Å². The Labute approximate surface area is 110 Å². The van der Waals surface area contributed by atoms with Gasteiger partial charge in [0.2, 0.25) is 11.8 Å². The van der Waals surface area contributed by atoms with Crippen LogP contribution in [0.25, 0.3) is 0 Å². The minimum atomic E-state index is -0.212. The smallest absolute Gasteiger partial charge is 0.246 e. The monoisotopic (exact) mass is 254 g/mol. The molecule has 0 aliphatic carbocycles. The molecule has 0 aromatic carbocycles. The summed E-state index contributed by atoms with van der Waals surface area (Å²) in [6.07, 6.45) is 1.23. The van der Waals surface area contributed by atoms with Crippen molar-refractivity contribution in [1.29, 1.82) is 0 Å². The van der Waals surface area contributed by atoms with Gasteiger partial charge in [-0.15, -0.1) is 0 Å². The van der Waals surface area contributed by atoms with Gasteiger partial charge >= 0.3 is 0 Å². The molecule has 0 spiro atoms. The lowest BCUT2D eigenvalue weighted by Gasteiger charge is -2.27. The van der Waals surface area contributed by atoms with Gasteiger partial charge in [-0.3, -0.25) is 9.59 Å². The lowest BCUT2D eigenvalue weighted by atomic mass is 9.82. The van der Waals surface area contributed by atoms with Crippen molar-refractivity contribution in [3.05, 3.63) is 12.7 Å². The Kier molecular flexibility index (Phi) is 6.66. The largest absolute Gasteiger partial charge is 0.354 e. The third kappa shape index (κ3) is 5.84. The van der Waals surface area contributed by atoms with Gasteiger partial charge in [-0.05, 0) is 24.3 Å². The Morgan fingerprint density at radius 1 is 1.39 bits per heavy atom. The Bertz CT molecular complexity index is 305. The highest BCUT2D eigenvalue weighted by atomic mass is 16.2. The van der Waals surface area contributed by atoms with Gasteiger partial charge in [-0.2, -0.15) is 0 Å². The molecule has 0 aromatic rings. The fourth-order valence-electron chi connectivity index (χ4n) is 1.28. The molecule has 104 valence electrons. The molecular formula is C14H26N2O2. The summed E-state index contributed by atoms with van der Waals surface area (Å²) in [6.45, 7) is 15.0. The first-order valence-electron chi connectivity index (χ1n) is 6.40. The molecule has 0 radical (unpaired) electrons. The van der Waals surface area contributed by atoms with Gasteiger partial charge in [0.15, 0.2) is 0 Å². The maximum atomic E-state index is 11.7. The van der Waals surface area contributed by atoms with Gasteiger partial charge in [-0.1, -0.05) is 34.3 Å². The van der Waals surface area contributed by atoms with E-state index in [0.29, 0.717) is 19.0 Å². The van der Waals surface area contributed by atoms with Crippen molar-refractivity contribution in [2.24, 2.45) is 11.3 Å². The first-order chi connectivity index (χ1) is 8.22. The molecule has 0 aliphatic heterocycles. The first-order valence-corrected chi connectivity index (χ1v) is 6.40. The Morgan fingerprint density at radius 3 is 2.33 bits per heavy atom. The summed E-state index contributed by atoms with van der Waals surface area (Å²) in [7, 11) is 0. The van der Waals surface area contributed by atoms with Gasteiger partial charge in [0.1, 0.15) is 0 Å². The Balaban J connectivity index is 4.19. The van der Waals surface area contributed by atoms with E-state index in [1.54, 1.807) is 0 Å². The van der Waals surface area contributed by atoms with Crippen LogP contribution in [0.3, 0.4) is 0 Å². The minimum Gasteiger partial charge on any atom is -0.354 e. The van der Waals surface area contributed by atoms with Crippen LogP contribution in [0.5, 0.6) is 0 Å². The van der Waals surface area contributed by atoms with Gasteiger partial charge in [0.05, 0.1) is 6.54 Å². The SMILES string of the molecule is C=CC(=O)N(CC)CC(=O)NCC(C)C(C)(C)C. The second-order valence-corrected chi connectivity index (χ2v) is 5.63. The molecule has 0 saturated heterocycles. The Morgan fingerprint density at radius 2 is 1.94 bits per heavy atom. The third-order valence-corrected chi connectivity index (χ3v) is 3.29. The molecule has 0 aliphatic rings. The lowest BCUT2D eigenvalue weighted by Crippen LogP contribution is -2.42. The number of rotatable bonds is 6. The predicted octanol–water partition coefficient (Wildman–Crippen LogP) is 1.82. The molecule has 4 heteroatoms. The highest BCUT2D eigenvalue weighted by molar-refractivity contribution is 5.90. The molecule has 0 bridgehead atoms. The Hall–Kier alpha value is -1.32. The molecular weight excluding hydrogens is 228 g/mol. The first kappa shape index (κ1) is 16.7. The number of likely N-dealkylation sites (N-methyl/N-ethyl adjacent to an activating group) is 1. The molecule has 1 atom stereocenters. The van der Waals surface area contributed by atoms with Gasteiger partial charge in [0.25, 0.3) is 0 Å². The van der Waals surface area contributed by atoms with Crippen LogP contribution in [-0.2, 0) is 9.59 Å². The van der Waals surface area contributed by atoms with E-state index in [-0.39, 0.29) is 23.8 Å².